The number of nitrogens with zero attached hydrogens (tertiary/aromatic N) is 1. The molecule has 0 amide bonds. The Kier molecular flexibility index (Phi) is 9.26. The quantitative estimate of drug-likeness (QED) is 0.139. The zero-order valence-electron chi connectivity index (χ0n) is 33.6. The first-order chi connectivity index (χ1) is 30.3. The zero-order valence-corrected chi connectivity index (χ0v) is 33.6. The Hall–Kier alpha value is -8.00. The van der Waals surface area contributed by atoms with Gasteiger partial charge in [0, 0.05) is 16.8 Å². The Labute approximate surface area is 357 Å². The number of rotatable bonds is 8. The smallest absolute Gasteiger partial charge is 0.0540 e. The highest BCUT2D eigenvalue weighted by Gasteiger charge is 2.19. The number of anilines is 3. The molecular formula is C60H41N. The van der Waals surface area contributed by atoms with Gasteiger partial charge in [-0.25, -0.2) is 0 Å². The standard InChI is InChI=1S/C60H41N/c1-3-16-42(17-4-1)43-32-34-44(35-33-43)45-36-38-51(39-37-45)61(58-31-15-21-46-18-7-8-26-53(46)58)52-25-14-23-49(41-52)48-22-13-24-50(40-48)60-57-30-12-10-28-55(57)54-27-9-11-29-56(54)59(60)47-19-5-2-6-20-47/h1-41H. The van der Waals surface area contributed by atoms with Crippen LogP contribution < -0.4 is 4.90 Å². The van der Waals surface area contributed by atoms with Crippen molar-refractivity contribution < 1.29 is 0 Å². The summed E-state index contributed by atoms with van der Waals surface area (Å²) in [6.07, 6.45) is 0. The lowest BCUT2D eigenvalue weighted by Crippen LogP contribution is -2.10. The van der Waals surface area contributed by atoms with E-state index in [0.29, 0.717) is 0 Å². The Bertz CT molecular complexity index is 3330. The van der Waals surface area contributed by atoms with Gasteiger partial charge in [0.05, 0.1) is 5.69 Å². The third-order valence-electron chi connectivity index (χ3n) is 12.0. The Balaban J connectivity index is 1.03. The van der Waals surface area contributed by atoms with E-state index in [1.165, 1.54) is 82.4 Å². The maximum Gasteiger partial charge on any atom is 0.0540 e. The second kappa shape index (κ2) is 15.6. The van der Waals surface area contributed by atoms with Crippen LogP contribution in [0.2, 0.25) is 0 Å². The lowest BCUT2D eigenvalue weighted by atomic mass is 9.84. The van der Waals surface area contributed by atoms with Crippen molar-refractivity contribution in [1.29, 1.82) is 0 Å². The summed E-state index contributed by atoms with van der Waals surface area (Å²) < 4.78 is 0. The summed E-state index contributed by atoms with van der Waals surface area (Å²) in [5, 5.41) is 7.46. The molecule has 11 rings (SSSR count). The van der Waals surface area contributed by atoms with Crippen LogP contribution in [0.15, 0.2) is 249 Å². The van der Waals surface area contributed by atoms with E-state index in [1.54, 1.807) is 0 Å². The molecule has 0 spiro atoms. The zero-order chi connectivity index (χ0) is 40.5. The first kappa shape index (κ1) is 36.1. The molecule has 0 fully saturated rings. The Morgan fingerprint density at radius 3 is 1.26 bits per heavy atom. The van der Waals surface area contributed by atoms with Gasteiger partial charge in [-0.2, -0.15) is 0 Å². The third kappa shape index (κ3) is 6.73. The van der Waals surface area contributed by atoms with Crippen LogP contribution in [-0.2, 0) is 0 Å². The van der Waals surface area contributed by atoms with Crippen molar-refractivity contribution in [3.8, 4) is 55.6 Å². The van der Waals surface area contributed by atoms with E-state index in [9.17, 15) is 0 Å². The molecule has 0 heterocycles. The molecular weight excluding hydrogens is 735 g/mol. The van der Waals surface area contributed by atoms with Crippen LogP contribution in [0.4, 0.5) is 17.1 Å². The van der Waals surface area contributed by atoms with Gasteiger partial charge in [-0.15, -0.1) is 0 Å². The van der Waals surface area contributed by atoms with Crippen LogP contribution in [0, 0.1) is 0 Å². The second-order valence-electron chi connectivity index (χ2n) is 15.7. The van der Waals surface area contributed by atoms with Gasteiger partial charge in [-0.1, -0.05) is 212 Å². The van der Waals surface area contributed by atoms with E-state index in [1.807, 2.05) is 0 Å². The summed E-state index contributed by atoms with van der Waals surface area (Å²) in [6, 6.07) is 90.4. The van der Waals surface area contributed by atoms with E-state index >= 15 is 0 Å². The first-order valence-corrected chi connectivity index (χ1v) is 21.0. The highest BCUT2D eigenvalue weighted by molar-refractivity contribution is 6.21. The fourth-order valence-electron chi connectivity index (χ4n) is 9.14. The van der Waals surface area contributed by atoms with Crippen LogP contribution in [0.3, 0.4) is 0 Å². The van der Waals surface area contributed by atoms with Crippen LogP contribution in [0.5, 0.6) is 0 Å². The average molecular weight is 776 g/mol. The third-order valence-corrected chi connectivity index (χ3v) is 12.0. The molecule has 0 unspecified atom stereocenters. The molecule has 0 saturated heterocycles. The molecule has 0 bridgehead atoms. The first-order valence-electron chi connectivity index (χ1n) is 21.0. The van der Waals surface area contributed by atoms with E-state index in [-0.39, 0.29) is 0 Å². The van der Waals surface area contributed by atoms with Gasteiger partial charge in [0.15, 0.2) is 0 Å². The van der Waals surface area contributed by atoms with Crippen molar-refractivity contribution in [2.24, 2.45) is 0 Å². The maximum absolute atomic E-state index is 2.41. The highest BCUT2D eigenvalue weighted by Crippen LogP contribution is 2.46. The van der Waals surface area contributed by atoms with Gasteiger partial charge in [0.2, 0.25) is 0 Å². The van der Waals surface area contributed by atoms with Crippen molar-refractivity contribution in [1.82, 2.24) is 0 Å². The summed E-state index contributed by atoms with van der Waals surface area (Å²) in [7, 11) is 0. The van der Waals surface area contributed by atoms with Crippen molar-refractivity contribution in [2.45, 2.75) is 0 Å². The predicted octanol–water partition coefficient (Wildman–Crippen LogP) is 17.0. The lowest BCUT2D eigenvalue weighted by Gasteiger charge is -2.27. The minimum atomic E-state index is 1.10. The van der Waals surface area contributed by atoms with Gasteiger partial charge >= 0.3 is 0 Å². The second-order valence-corrected chi connectivity index (χ2v) is 15.7. The molecule has 1 nitrogen and oxygen atoms in total. The normalized spacial score (nSPS) is 11.3. The van der Waals surface area contributed by atoms with Crippen molar-refractivity contribution in [3.63, 3.8) is 0 Å². The summed E-state index contributed by atoms with van der Waals surface area (Å²) in [5.41, 5.74) is 15.4. The molecule has 0 aromatic heterocycles. The van der Waals surface area contributed by atoms with Crippen molar-refractivity contribution in [3.05, 3.63) is 249 Å². The lowest BCUT2D eigenvalue weighted by molar-refractivity contribution is 1.30. The topological polar surface area (TPSA) is 3.24 Å². The molecule has 11 aromatic carbocycles. The van der Waals surface area contributed by atoms with E-state index in [4.69, 9.17) is 0 Å². The van der Waals surface area contributed by atoms with Crippen molar-refractivity contribution >= 4 is 49.4 Å². The summed E-state index contributed by atoms with van der Waals surface area (Å²) in [4.78, 5) is 2.41. The average Bonchev–Trinajstić information content (AvgIpc) is 3.35. The van der Waals surface area contributed by atoms with Gasteiger partial charge in [0.25, 0.3) is 0 Å². The fraction of sp³-hybridized carbons (Fsp3) is 0. The molecule has 0 saturated carbocycles. The van der Waals surface area contributed by atoms with Crippen LogP contribution in [0.25, 0.3) is 88.0 Å². The molecule has 0 N–H and O–H groups in total. The van der Waals surface area contributed by atoms with Crippen molar-refractivity contribution in [2.75, 3.05) is 4.90 Å². The monoisotopic (exact) mass is 775 g/mol. The SMILES string of the molecule is c1ccc(-c2ccc(-c3ccc(N(c4cccc(-c5cccc(-c6c(-c7ccccc7)c7ccccc7c7ccccc67)c5)c4)c4cccc5ccccc45)cc3)cc2)cc1. The predicted molar refractivity (Wildman–Crippen MR) is 261 cm³/mol. The molecule has 0 radical (unpaired) electrons. The maximum atomic E-state index is 2.41. The van der Waals surface area contributed by atoms with Crippen LogP contribution >= 0.6 is 0 Å². The molecule has 0 atom stereocenters. The fourth-order valence-corrected chi connectivity index (χ4v) is 9.14. The van der Waals surface area contributed by atoms with E-state index in [2.05, 4.69) is 254 Å². The summed E-state index contributed by atoms with van der Waals surface area (Å²) in [6.45, 7) is 0. The van der Waals surface area contributed by atoms with Gasteiger partial charge in [-0.05, 0) is 119 Å². The molecule has 11 aromatic rings. The van der Waals surface area contributed by atoms with E-state index < -0.39 is 0 Å². The summed E-state index contributed by atoms with van der Waals surface area (Å²) >= 11 is 0. The molecule has 0 aliphatic rings. The molecule has 61 heavy (non-hydrogen) atoms. The number of fused-ring (bicyclic) bond motifs is 4. The Morgan fingerprint density at radius 2 is 0.623 bits per heavy atom. The number of hydrogen-bond acceptors (Lipinski definition) is 1. The van der Waals surface area contributed by atoms with Gasteiger partial charge in [0.1, 0.15) is 0 Å². The number of hydrogen-bond donors (Lipinski definition) is 0. The van der Waals surface area contributed by atoms with E-state index in [0.717, 1.165) is 22.6 Å². The van der Waals surface area contributed by atoms with Crippen LogP contribution in [0.1, 0.15) is 0 Å². The molecule has 1 heteroatoms. The Morgan fingerprint density at radius 1 is 0.213 bits per heavy atom. The van der Waals surface area contributed by atoms with Gasteiger partial charge < -0.3 is 4.90 Å². The van der Waals surface area contributed by atoms with Gasteiger partial charge in [-0.3, -0.25) is 0 Å². The molecule has 0 aliphatic heterocycles. The molecule has 286 valence electrons. The largest absolute Gasteiger partial charge is 0.310 e. The minimum Gasteiger partial charge on any atom is -0.310 e. The highest BCUT2D eigenvalue weighted by atomic mass is 15.1. The summed E-state index contributed by atoms with van der Waals surface area (Å²) in [5.74, 6) is 0. The van der Waals surface area contributed by atoms with Crippen LogP contribution in [-0.4, -0.2) is 0 Å². The minimum absolute atomic E-state index is 1.10. The number of benzene rings is 11. The molecule has 0 aliphatic carbocycles.